The summed E-state index contributed by atoms with van der Waals surface area (Å²) in [6, 6.07) is 6.71. The van der Waals surface area contributed by atoms with Gasteiger partial charge >= 0.3 is 12.2 Å². The molecule has 0 radical (unpaired) electrons. The van der Waals surface area contributed by atoms with E-state index in [1.54, 1.807) is 29.2 Å². The molecule has 0 unspecified atom stereocenters. The minimum absolute atomic E-state index is 0.00967. The Morgan fingerprint density at radius 2 is 1.98 bits per heavy atom. The van der Waals surface area contributed by atoms with Crippen molar-refractivity contribution in [2.45, 2.75) is 38.5 Å². The third kappa shape index (κ3) is 8.12. The Balaban J connectivity index is 0.00000160. The number of nitriles is 1. The van der Waals surface area contributed by atoms with Crippen LogP contribution in [0.15, 0.2) is 43.0 Å². The molecule has 0 spiro atoms. The Hall–Kier alpha value is -5.70. The fourth-order valence-electron chi connectivity index (χ4n) is 5.02. The molecule has 5 rings (SSSR count). The Kier molecular flexibility index (Phi) is 10.9. The second-order valence-corrected chi connectivity index (χ2v) is 10.3. The van der Waals surface area contributed by atoms with Crippen molar-refractivity contribution in [3.05, 3.63) is 59.8 Å². The zero-order valence-electron chi connectivity index (χ0n) is 25.2. The van der Waals surface area contributed by atoms with Crippen molar-refractivity contribution in [3.63, 3.8) is 0 Å². The Labute approximate surface area is 266 Å². The summed E-state index contributed by atoms with van der Waals surface area (Å²) in [5.41, 5.74) is 6.70. The molecule has 4 aromatic rings. The van der Waals surface area contributed by atoms with E-state index >= 15 is 0 Å². The number of aromatic nitrogens is 5. The van der Waals surface area contributed by atoms with Crippen molar-refractivity contribution in [1.82, 2.24) is 39.7 Å². The number of halogens is 3. The average Bonchev–Trinajstić information content (AvgIpc) is 3.78. The lowest BCUT2D eigenvalue weighted by molar-refractivity contribution is -0.141. The van der Waals surface area contributed by atoms with E-state index in [1.807, 2.05) is 6.92 Å². The number of aryl methyl sites for hydroxylation is 1. The number of alkyl halides is 3. The van der Waals surface area contributed by atoms with Gasteiger partial charge in [-0.15, -0.1) is 0 Å². The van der Waals surface area contributed by atoms with Gasteiger partial charge < -0.3 is 31.7 Å². The molecule has 18 heteroatoms. The highest BCUT2D eigenvalue weighted by molar-refractivity contribution is 5.96. The van der Waals surface area contributed by atoms with Crippen molar-refractivity contribution in [2.75, 3.05) is 31.5 Å². The topological polar surface area (TPSA) is 209 Å². The molecule has 1 saturated heterocycles. The summed E-state index contributed by atoms with van der Waals surface area (Å²) >= 11 is 0. The smallest absolute Gasteiger partial charge is 0.435 e. The summed E-state index contributed by atoms with van der Waals surface area (Å²) < 4.78 is 43.6. The van der Waals surface area contributed by atoms with E-state index in [2.05, 4.69) is 31.0 Å². The Morgan fingerprint density at radius 1 is 1.23 bits per heavy atom. The first kappa shape index (κ1) is 34.2. The monoisotopic (exact) mass is 655 g/mol. The Morgan fingerprint density at radius 3 is 2.64 bits per heavy atom. The molecule has 15 nitrogen and oxygen atoms in total. The second kappa shape index (κ2) is 15.1. The van der Waals surface area contributed by atoms with Gasteiger partial charge in [0.2, 0.25) is 0 Å². The molecule has 6 N–H and O–H groups in total. The number of carboxylic acid groups (broad SMARTS) is 1. The van der Waals surface area contributed by atoms with Gasteiger partial charge in [-0.25, -0.2) is 14.8 Å². The van der Waals surface area contributed by atoms with Crippen LogP contribution in [-0.4, -0.2) is 84.8 Å². The summed E-state index contributed by atoms with van der Waals surface area (Å²) in [5.74, 6) is -0.00735. The molecule has 3 aromatic heterocycles. The molecular weight excluding hydrogens is 623 g/mol. The maximum Gasteiger partial charge on any atom is 0.435 e. The SMILES string of the molecule is CCc1cc(Nc2nccn3c(-c4cn(CC#N)nc4C(F)(F)F)cnc23)ccc1C(=O)NCCNC(=O)N1CC[C@@H](N)C1.O=CO. The summed E-state index contributed by atoms with van der Waals surface area (Å²) in [4.78, 5) is 43.7. The average molecular weight is 656 g/mol. The van der Waals surface area contributed by atoms with E-state index in [-0.39, 0.29) is 66.8 Å². The first-order valence-electron chi connectivity index (χ1n) is 14.4. The molecule has 47 heavy (non-hydrogen) atoms. The van der Waals surface area contributed by atoms with E-state index in [1.165, 1.54) is 23.0 Å². The molecule has 0 saturated carbocycles. The number of rotatable bonds is 9. The van der Waals surface area contributed by atoms with Crippen LogP contribution in [0.2, 0.25) is 0 Å². The van der Waals surface area contributed by atoms with Gasteiger partial charge in [-0.1, -0.05) is 6.92 Å². The number of nitrogens with zero attached hydrogens (tertiary/aromatic N) is 7. The number of amides is 3. The second-order valence-electron chi connectivity index (χ2n) is 10.3. The highest BCUT2D eigenvalue weighted by atomic mass is 19.4. The van der Waals surface area contributed by atoms with E-state index in [0.29, 0.717) is 30.8 Å². The molecular formula is C29H32F3N11O4. The number of imidazole rings is 1. The molecule has 3 amide bonds. The van der Waals surface area contributed by atoms with Crippen LogP contribution in [0.3, 0.4) is 0 Å². The lowest BCUT2D eigenvalue weighted by Gasteiger charge is -2.17. The summed E-state index contributed by atoms with van der Waals surface area (Å²) in [5, 5.41) is 28.1. The number of hydrogen-bond donors (Lipinski definition) is 5. The number of fused-ring (bicyclic) bond motifs is 1. The maximum atomic E-state index is 13.7. The van der Waals surface area contributed by atoms with Crippen LogP contribution in [0.5, 0.6) is 0 Å². The number of anilines is 2. The van der Waals surface area contributed by atoms with E-state index in [0.717, 1.165) is 22.9 Å². The van der Waals surface area contributed by atoms with E-state index in [9.17, 15) is 22.8 Å². The number of hydrogen-bond acceptors (Lipinski definition) is 9. The number of urea groups is 1. The number of nitrogens with one attached hydrogen (secondary N) is 3. The standard InChI is InChI=1S/C28H30F3N11O2.CH2O2/c1-2-17-13-19(3-4-20(17)26(43)35-7-8-36-27(44)40-10-5-18(33)15-40)38-24-25-37-14-22(42(25)12-9-34-24)21-16-41(11-6-32)39-23(21)28(29,30)31;2-1-3/h3-4,9,12-14,16,18H,2,5,7-8,10-11,15,33H2,1H3,(H,34,38)(H,35,43)(H,36,44);1H,(H,2,3)/t18-;/m1./s1. The number of nitrogens with two attached hydrogens (primary N) is 1. The summed E-state index contributed by atoms with van der Waals surface area (Å²) in [6.45, 7) is 2.95. The van der Waals surface area contributed by atoms with Crippen molar-refractivity contribution in [2.24, 2.45) is 5.73 Å². The quantitative estimate of drug-likeness (QED) is 0.131. The molecule has 1 aliphatic heterocycles. The minimum atomic E-state index is -4.74. The Bertz CT molecular complexity index is 1780. The van der Waals surface area contributed by atoms with Crippen molar-refractivity contribution in [1.29, 1.82) is 5.26 Å². The van der Waals surface area contributed by atoms with Crippen molar-refractivity contribution >= 4 is 35.6 Å². The number of likely N-dealkylation sites (tertiary alicyclic amines) is 1. The normalized spacial score (nSPS) is 14.2. The van der Waals surface area contributed by atoms with Gasteiger partial charge in [0.05, 0.1) is 23.5 Å². The molecule has 1 fully saturated rings. The predicted molar refractivity (Wildman–Crippen MR) is 163 cm³/mol. The third-order valence-electron chi connectivity index (χ3n) is 7.16. The first-order valence-corrected chi connectivity index (χ1v) is 14.4. The highest BCUT2D eigenvalue weighted by Crippen LogP contribution is 2.37. The molecule has 1 atom stereocenters. The first-order chi connectivity index (χ1) is 22.5. The van der Waals surface area contributed by atoms with Gasteiger partial charge in [0.15, 0.2) is 17.2 Å². The van der Waals surface area contributed by atoms with Crippen LogP contribution in [0.25, 0.3) is 16.9 Å². The van der Waals surface area contributed by atoms with Gasteiger partial charge in [-0.2, -0.15) is 23.5 Å². The fraction of sp³-hybridized carbons (Fsp3) is 0.345. The predicted octanol–water partition coefficient (Wildman–Crippen LogP) is 2.61. The minimum Gasteiger partial charge on any atom is -0.483 e. The van der Waals surface area contributed by atoms with Crippen LogP contribution in [0.4, 0.5) is 29.5 Å². The fourth-order valence-corrected chi connectivity index (χ4v) is 5.02. The van der Waals surface area contributed by atoms with Gasteiger partial charge in [0.25, 0.3) is 12.4 Å². The lowest BCUT2D eigenvalue weighted by atomic mass is 10.0. The summed E-state index contributed by atoms with van der Waals surface area (Å²) in [6.07, 6.45) is 1.93. The lowest BCUT2D eigenvalue weighted by Crippen LogP contribution is -2.42. The van der Waals surface area contributed by atoms with Crippen LogP contribution in [-0.2, 0) is 23.9 Å². The maximum absolute atomic E-state index is 13.7. The van der Waals surface area contributed by atoms with E-state index in [4.69, 9.17) is 20.9 Å². The number of carbonyl (C=O) groups excluding carboxylic acids is 2. The van der Waals surface area contributed by atoms with Gasteiger partial charge in [-0.05, 0) is 36.6 Å². The van der Waals surface area contributed by atoms with Gasteiger partial charge in [0.1, 0.15) is 6.54 Å². The molecule has 1 aromatic carbocycles. The van der Waals surface area contributed by atoms with Crippen LogP contribution in [0, 0.1) is 11.3 Å². The molecule has 4 heterocycles. The van der Waals surface area contributed by atoms with Crippen LogP contribution >= 0.6 is 0 Å². The van der Waals surface area contributed by atoms with E-state index < -0.39 is 11.9 Å². The number of carbonyl (C=O) groups is 3. The zero-order chi connectivity index (χ0) is 34.1. The third-order valence-corrected chi connectivity index (χ3v) is 7.16. The molecule has 1 aliphatic rings. The van der Waals surface area contributed by atoms with Crippen LogP contribution < -0.4 is 21.7 Å². The number of benzene rings is 1. The van der Waals surface area contributed by atoms with Gasteiger partial charge in [0, 0.05) is 62.1 Å². The van der Waals surface area contributed by atoms with Crippen molar-refractivity contribution < 1.29 is 32.7 Å². The molecule has 0 aliphatic carbocycles. The summed E-state index contributed by atoms with van der Waals surface area (Å²) in [7, 11) is 0. The molecule has 248 valence electrons. The van der Waals surface area contributed by atoms with Crippen LogP contribution in [0.1, 0.15) is 35.0 Å². The zero-order valence-corrected chi connectivity index (χ0v) is 25.2. The largest absolute Gasteiger partial charge is 0.483 e. The van der Waals surface area contributed by atoms with Crippen molar-refractivity contribution in [3.8, 4) is 17.3 Å². The highest BCUT2D eigenvalue weighted by Gasteiger charge is 2.38. The molecule has 0 bridgehead atoms. The van der Waals surface area contributed by atoms with Gasteiger partial charge in [-0.3, -0.25) is 18.7 Å².